The summed E-state index contributed by atoms with van der Waals surface area (Å²) in [4.78, 5) is 0. The average Bonchev–Trinajstić information content (AvgIpc) is 2.52. The molecule has 2 rings (SSSR count). The second-order valence-corrected chi connectivity index (χ2v) is 5.84. The van der Waals surface area contributed by atoms with Crippen molar-refractivity contribution in [2.24, 2.45) is 0 Å². The summed E-state index contributed by atoms with van der Waals surface area (Å²) in [5, 5.41) is 0. The molecule has 0 spiro atoms. The average molecular weight is 302 g/mol. The Labute approximate surface area is 132 Å². The van der Waals surface area contributed by atoms with E-state index in [0.29, 0.717) is 12.0 Å². The lowest BCUT2D eigenvalue weighted by molar-refractivity contribution is 0.558. The van der Waals surface area contributed by atoms with Crippen LogP contribution in [0.3, 0.4) is 0 Å². The summed E-state index contributed by atoms with van der Waals surface area (Å²) in [5.74, 6) is -0.914. The highest BCUT2D eigenvalue weighted by atomic mass is 19.1. The van der Waals surface area contributed by atoms with E-state index in [2.05, 4.69) is 24.3 Å². The smallest absolute Gasteiger partial charge is 0.129 e. The summed E-state index contributed by atoms with van der Waals surface area (Å²) in [6, 6.07) is 14.4. The van der Waals surface area contributed by atoms with Crippen molar-refractivity contribution in [2.75, 3.05) is 0 Å². The normalized spacial score (nSPS) is 10.8. The largest absolute Gasteiger partial charge is 0.207 e. The standard InChI is InChI=1S/C20H24F2/c21-19-15-14-18(20(22)16-19)13-9-4-2-1-3-6-10-17-11-7-5-8-12-17/h5,7-8,11-12,14-16H,1-4,6,9-10,13H2. The summed E-state index contributed by atoms with van der Waals surface area (Å²) in [5.41, 5.74) is 2.04. The molecule has 0 bridgehead atoms. The zero-order valence-electron chi connectivity index (χ0n) is 13.0. The fraction of sp³-hybridized carbons (Fsp3) is 0.400. The number of halogens is 2. The third kappa shape index (κ3) is 5.97. The van der Waals surface area contributed by atoms with Gasteiger partial charge in [-0.3, -0.25) is 0 Å². The zero-order valence-corrected chi connectivity index (χ0v) is 13.0. The van der Waals surface area contributed by atoms with Crippen molar-refractivity contribution < 1.29 is 8.78 Å². The highest BCUT2D eigenvalue weighted by Gasteiger charge is 2.03. The summed E-state index contributed by atoms with van der Waals surface area (Å²) in [6.45, 7) is 0. The van der Waals surface area contributed by atoms with Crippen molar-refractivity contribution in [2.45, 2.75) is 51.4 Å². The van der Waals surface area contributed by atoms with Crippen LogP contribution in [0.5, 0.6) is 0 Å². The van der Waals surface area contributed by atoms with Crippen molar-refractivity contribution >= 4 is 0 Å². The molecule has 0 unspecified atom stereocenters. The van der Waals surface area contributed by atoms with Gasteiger partial charge in [-0.25, -0.2) is 8.78 Å². The lowest BCUT2D eigenvalue weighted by atomic mass is 10.0. The Morgan fingerprint density at radius 1 is 0.636 bits per heavy atom. The molecular formula is C20H24F2. The molecule has 0 heterocycles. The maximum absolute atomic E-state index is 13.4. The quantitative estimate of drug-likeness (QED) is 0.492. The molecule has 0 radical (unpaired) electrons. The van der Waals surface area contributed by atoms with Gasteiger partial charge in [0, 0.05) is 6.07 Å². The Hall–Kier alpha value is -1.70. The van der Waals surface area contributed by atoms with Crippen molar-refractivity contribution in [3.8, 4) is 0 Å². The molecular weight excluding hydrogens is 278 g/mol. The van der Waals surface area contributed by atoms with Crippen molar-refractivity contribution in [3.63, 3.8) is 0 Å². The highest BCUT2D eigenvalue weighted by Crippen LogP contribution is 2.15. The van der Waals surface area contributed by atoms with Gasteiger partial charge < -0.3 is 0 Å². The maximum atomic E-state index is 13.4. The number of unbranched alkanes of at least 4 members (excludes halogenated alkanes) is 5. The third-order valence-corrected chi connectivity index (χ3v) is 4.02. The fourth-order valence-corrected chi connectivity index (χ4v) is 2.72. The van der Waals surface area contributed by atoms with Gasteiger partial charge in [-0.1, -0.05) is 62.1 Å². The first-order valence-electron chi connectivity index (χ1n) is 8.23. The van der Waals surface area contributed by atoms with E-state index in [0.717, 1.165) is 25.3 Å². The van der Waals surface area contributed by atoms with Crippen LogP contribution in [0.1, 0.15) is 49.7 Å². The van der Waals surface area contributed by atoms with Crippen LogP contribution in [-0.4, -0.2) is 0 Å². The van der Waals surface area contributed by atoms with E-state index in [1.165, 1.54) is 37.3 Å². The molecule has 0 aliphatic heterocycles. The second kappa shape index (κ2) is 9.34. The monoisotopic (exact) mass is 302 g/mol. The minimum Gasteiger partial charge on any atom is -0.207 e. The first-order valence-corrected chi connectivity index (χ1v) is 8.23. The van der Waals surface area contributed by atoms with E-state index in [4.69, 9.17) is 0 Å². The van der Waals surface area contributed by atoms with Gasteiger partial charge in [-0.05, 0) is 42.9 Å². The number of aryl methyl sites for hydroxylation is 2. The molecule has 0 saturated carbocycles. The van der Waals surface area contributed by atoms with E-state index in [-0.39, 0.29) is 0 Å². The van der Waals surface area contributed by atoms with E-state index in [1.807, 2.05) is 6.07 Å². The lowest BCUT2D eigenvalue weighted by Crippen LogP contribution is -1.92. The lowest BCUT2D eigenvalue weighted by Gasteiger charge is -2.04. The SMILES string of the molecule is Fc1ccc(CCCCCCCCc2ccccc2)c(F)c1. The minimum atomic E-state index is -0.500. The Kier molecular flexibility index (Phi) is 7.08. The number of rotatable bonds is 9. The summed E-state index contributed by atoms with van der Waals surface area (Å²) >= 11 is 0. The predicted octanol–water partition coefficient (Wildman–Crippen LogP) is 6.09. The van der Waals surface area contributed by atoms with Crippen molar-refractivity contribution in [3.05, 3.63) is 71.3 Å². The summed E-state index contributed by atoms with van der Waals surface area (Å²) in [6.07, 6.45) is 8.86. The van der Waals surface area contributed by atoms with E-state index >= 15 is 0 Å². The molecule has 0 saturated heterocycles. The zero-order chi connectivity index (χ0) is 15.6. The molecule has 0 fully saturated rings. The van der Waals surface area contributed by atoms with E-state index in [1.54, 1.807) is 6.07 Å². The molecule has 0 atom stereocenters. The Morgan fingerprint density at radius 2 is 1.27 bits per heavy atom. The van der Waals surface area contributed by atoms with Gasteiger partial charge in [0.1, 0.15) is 11.6 Å². The third-order valence-electron chi connectivity index (χ3n) is 4.02. The van der Waals surface area contributed by atoms with Crippen LogP contribution in [-0.2, 0) is 12.8 Å². The Morgan fingerprint density at radius 3 is 1.95 bits per heavy atom. The minimum absolute atomic E-state index is 0.414. The van der Waals surface area contributed by atoms with Crippen LogP contribution in [0.15, 0.2) is 48.5 Å². The molecule has 0 nitrogen and oxygen atoms in total. The molecule has 2 aromatic carbocycles. The van der Waals surface area contributed by atoms with Crippen LogP contribution < -0.4 is 0 Å². The topological polar surface area (TPSA) is 0 Å². The van der Waals surface area contributed by atoms with Gasteiger partial charge in [-0.2, -0.15) is 0 Å². The molecule has 0 aliphatic rings. The molecule has 0 aromatic heterocycles. The second-order valence-electron chi connectivity index (χ2n) is 5.84. The van der Waals surface area contributed by atoms with Gasteiger partial charge in [0.25, 0.3) is 0 Å². The van der Waals surface area contributed by atoms with Gasteiger partial charge in [0.15, 0.2) is 0 Å². The molecule has 0 N–H and O–H groups in total. The molecule has 118 valence electrons. The molecule has 0 aliphatic carbocycles. The van der Waals surface area contributed by atoms with E-state index in [9.17, 15) is 8.78 Å². The van der Waals surface area contributed by atoms with Crippen LogP contribution in [0.25, 0.3) is 0 Å². The van der Waals surface area contributed by atoms with Gasteiger partial charge >= 0.3 is 0 Å². The molecule has 2 heteroatoms. The summed E-state index contributed by atoms with van der Waals surface area (Å²) < 4.78 is 26.2. The predicted molar refractivity (Wildman–Crippen MR) is 87.9 cm³/mol. The number of hydrogen-bond acceptors (Lipinski definition) is 0. The highest BCUT2D eigenvalue weighted by molar-refractivity contribution is 5.18. The fourth-order valence-electron chi connectivity index (χ4n) is 2.72. The van der Waals surface area contributed by atoms with Crippen LogP contribution in [0, 0.1) is 11.6 Å². The first kappa shape index (κ1) is 16.7. The Balaban J connectivity index is 1.51. The Bertz CT molecular complexity index is 549. The molecule has 22 heavy (non-hydrogen) atoms. The van der Waals surface area contributed by atoms with E-state index < -0.39 is 11.6 Å². The molecule has 0 amide bonds. The molecule has 2 aromatic rings. The van der Waals surface area contributed by atoms with Crippen molar-refractivity contribution in [1.82, 2.24) is 0 Å². The summed E-state index contributed by atoms with van der Waals surface area (Å²) in [7, 11) is 0. The van der Waals surface area contributed by atoms with Gasteiger partial charge in [0.05, 0.1) is 0 Å². The van der Waals surface area contributed by atoms with Crippen molar-refractivity contribution in [1.29, 1.82) is 0 Å². The van der Waals surface area contributed by atoms with Gasteiger partial charge in [0.2, 0.25) is 0 Å². The maximum Gasteiger partial charge on any atom is 0.129 e. The van der Waals surface area contributed by atoms with Gasteiger partial charge in [-0.15, -0.1) is 0 Å². The van der Waals surface area contributed by atoms with Crippen LogP contribution in [0.2, 0.25) is 0 Å². The number of benzene rings is 2. The van der Waals surface area contributed by atoms with Crippen LogP contribution >= 0.6 is 0 Å². The number of hydrogen-bond donors (Lipinski definition) is 0. The first-order chi connectivity index (χ1) is 10.8. The van der Waals surface area contributed by atoms with Crippen LogP contribution in [0.4, 0.5) is 8.78 Å².